The van der Waals surface area contributed by atoms with Crippen molar-refractivity contribution in [2.24, 2.45) is 0 Å². The zero-order valence-electron chi connectivity index (χ0n) is 11.3. The quantitative estimate of drug-likeness (QED) is 0.872. The average Bonchev–Trinajstić information content (AvgIpc) is 2.48. The summed E-state index contributed by atoms with van der Waals surface area (Å²) in [5.41, 5.74) is 1.18. The summed E-state index contributed by atoms with van der Waals surface area (Å²) < 4.78 is 38.7. The molecule has 0 aliphatic rings. The number of hydrogen-bond acceptors (Lipinski definition) is 3. The lowest BCUT2D eigenvalue weighted by atomic mass is 10.1. The van der Waals surface area contributed by atoms with Crippen LogP contribution in [0.2, 0.25) is 0 Å². The van der Waals surface area contributed by atoms with Crippen molar-refractivity contribution in [3.05, 3.63) is 65.5 Å². The minimum atomic E-state index is -3.69. The zero-order valence-corrected chi connectivity index (χ0v) is 12.1. The minimum Gasteiger partial charge on any atom is -0.207 e. The van der Waals surface area contributed by atoms with Crippen LogP contribution in [0.5, 0.6) is 0 Å². The van der Waals surface area contributed by atoms with Gasteiger partial charge in [-0.3, -0.25) is 0 Å². The van der Waals surface area contributed by atoms with E-state index in [4.69, 9.17) is 5.26 Å². The number of hydrogen-bond donors (Lipinski definition) is 0. The monoisotopic (exact) mass is 304 g/mol. The number of rotatable bonds is 4. The van der Waals surface area contributed by atoms with Crippen LogP contribution in [-0.2, 0) is 16.6 Å². The van der Waals surface area contributed by atoms with E-state index in [1.54, 1.807) is 24.3 Å². The molecule has 0 aromatic heterocycles. The first kappa shape index (κ1) is 15.2. The van der Waals surface area contributed by atoms with Gasteiger partial charge in [-0.15, -0.1) is 0 Å². The third kappa shape index (κ3) is 3.45. The second-order valence-corrected chi connectivity index (χ2v) is 6.57. The molecule has 0 saturated carbocycles. The smallest absolute Gasteiger partial charge is 0.207 e. The number of nitrogens with zero attached hydrogens (tertiary/aromatic N) is 2. The van der Waals surface area contributed by atoms with Gasteiger partial charge in [-0.1, -0.05) is 12.1 Å². The Bertz CT molecular complexity index is 780. The fraction of sp³-hybridized carbons (Fsp3) is 0.133. The molecule has 2 aromatic carbocycles. The van der Waals surface area contributed by atoms with E-state index < -0.39 is 15.8 Å². The van der Waals surface area contributed by atoms with E-state index in [2.05, 4.69) is 0 Å². The summed E-state index contributed by atoms with van der Waals surface area (Å²) >= 11 is 0. The molecule has 0 saturated heterocycles. The molecule has 0 aliphatic carbocycles. The Balaban J connectivity index is 2.24. The Hall–Kier alpha value is -2.23. The highest BCUT2D eigenvalue weighted by atomic mass is 32.2. The number of halogens is 1. The molecule has 0 spiro atoms. The highest BCUT2D eigenvalue weighted by Crippen LogP contribution is 2.17. The Morgan fingerprint density at radius 1 is 1.19 bits per heavy atom. The van der Waals surface area contributed by atoms with Gasteiger partial charge in [0.1, 0.15) is 5.82 Å². The average molecular weight is 304 g/mol. The summed E-state index contributed by atoms with van der Waals surface area (Å²) in [4.78, 5) is 0.0304. The van der Waals surface area contributed by atoms with Crippen molar-refractivity contribution in [1.29, 1.82) is 5.26 Å². The van der Waals surface area contributed by atoms with Crippen LogP contribution >= 0.6 is 0 Å². The Morgan fingerprint density at radius 3 is 2.48 bits per heavy atom. The number of nitriles is 1. The second kappa shape index (κ2) is 6.04. The van der Waals surface area contributed by atoms with Gasteiger partial charge in [-0.05, 0) is 42.0 Å². The predicted molar refractivity (Wildman–Crippen MR) is 76.2 cm³/mol. The van der Waals surface area contributed by atoms with Crippen molar-refractivity contribution >= 4 is 10.0 Å². The summed E-state index contributed by atoms with van der Waals surface area (Å²) in [5.74, 6) is -0.488. The molecule has 4 nitrogen and oxygen atoms in total. The third-order valence-electron chi connectivity index (χ3n) is 2.98. The Labute approximate surface area is 123 Å². The van der Waals surface area contributed by atoms with Crippen molar-refractivity contribution in [2.45, 2.75) is 11.4 Å². The Morgan fingerprint density at radius 2 is 1.86 bits per heavy atom. The van der Waals surface area contributed by atoms with Gasteiger partial charge >= 0.3 is 0 Å². The molecular formula is C15H13FN2O2S. The van der Waals surface area contributed by atoms with E-state index in [1.165, 1.54) is 19.2 Å². The highest BCUT2D eigenvalue weighted by Gasteiger charge is 2.20. The van der Waals surface area contributed by atoms with Crippen LogP contribution in [0.4, 0.5) is 4.39 Å². The van der Waals surface area contributed by atoms with Crippen LogP contribution in [0.15, 0.2) is 53.4 Å². The number of benzene rings is 2. The van der Waals surface area contributed by atoms with Gasteiger partial charge in [0, 0.05) is 13.6 Å². The second-order valence-electron chi connectivity index (χ2n) is 4.53. The summed E-state index contributed by atoms with van der Waals surface area (Å²) in [6.45, 7) is 0.134. The molecule has 0 amide bonds. The predicted octanol–water partition coefficient (Wildman–Crippen LogP) is 2.52. The summed E-state index contributed by atoms with van der Waals surface area (Å²) in [7, 11) is -2.25. The zero-order chi connectivity index (χ0) is 15.5. The fourth-order valence-electron chi connectivity index (χ4n) is 1.87. The van der Waals surface area contributed by atoms with Gasteiger partial charge in [0.2, 0.25) is 10.0 Å². The molecule has 0 atom stereocenters. The van der Waals surface area contributed by atoms with Crippen LogP contribution in [-0.4, -0.2) is 19.8 Å². The van der Waals surface area contributed by atoms with Gasteiger partial charge in [-0.2, -0.15) is 9.57 Å². The topological polar surface area (TPSA) is 61.2 Å². The molecule has 108 valence electrons. The first-order valence-corrected chi connectivity index (χ1v) is 7.58. The summed E-state index contributed by atoms with van der Waals surface area (Å²) in [6, 6.07) is 13.4. The number of sulfonamides is 1. The molecule has 0 aliphatic heterocycles. The molecule has 0 fully saturated rings. The SMILES string of the molecule is CN(Cc1cccc(C#N)c1)S(=O)(=O)c1ccc(F)cc1. The van der Waals surface area contributed by atoms with Gasteiger partial charge in [0.15, 0.2) is 0 Å². The molecule has 0 N–H and O–H groups in total. The Kier molecular flexibility index (Phi) is 4.36. The molecule has 2 rings (SSSR count). The standard InChI is InChI=1S/C15H13FN2O2S/c1-18(11-13-4-2-3-12(9-13)10-17)21(19,20)15-7-5-14(16)6-8-15/h2-9H,11H2,1H3. The van der Waals surface area contributed by atoms with Gasteiger partial charge < -0.3 is 0 Å². The minimum absolute atomic E-state index is 0.0304. The first-order chi connectivity index (χ1) is 9.93. The van der Waals surface area contributed by atoms with Crippen molar-refractivity contribution in [3.63, 3.8) is 0 Å². The maximum absolute atomic E-state index is 12.9. The van der Waals surface area contributed by atoms with E-state index in [9.17, 15) is 12.8 Å². The molecular weight excluding hydrogens is 291 g/mol. The first-order valence-electron chi connectivity index (χ1n) is 6.14. The summed E-state index contributed by atoms with van der Waals surface area (Å²) in [6.07, 6.45) is 0. The maximum Gasteiger partial charge on any atom is 0.243 e. The van der Waals surface area contributed by atoms with Gasteiger partial charge in [-0.25, -0.2) is 12.8 Å². The van der Waals surface area contributed by atoms with E-state index >= 15 is 0 Å². The van der Waals surface area contributed by atoms with E-state index in [-0.39, 0.29) is 11.4 Å². The van der Waals surface area contributed by atoms with Crippen LogP contribution in [0.25, 0.3) is 0 Å². The molecule has 0 bridgehead atoms. The normalized spacial score (nSPS) is 11.3. The molecule has 0 unspecified atom stereocenters. The van der Waals surface area contributed by atoms with Crippen LogP contribution in [0, 0.1) is 17.1 Å². The van der Waals surface area contributed by atoms with E-state index in [0.717, 1.165) is 16.4 Å². The lowest BCUT2D eigenvalue weighted by Gasteiger charge is -2.17. The molecule has 0 radical (unpaired) electrons. The lowest BCUT2D eigenvalue weighted by Crippen LogP contribution is -2.26. The largest absolute Gasteiger partial charge is 0.243 e. The highest BCUT2D eigenvalue weighted by molar-refractivity contribution is 7.89. The molecule has 0 heterocycles. The molecule has 21 heavy (non-hydrogen) atoms. The van der Waals surface area contributed by atoms with Crippen molar-refractivity contribution in [3.8, 4) is 6.07 Å². The lowest BCUT2D eigenvalue weighted by molar-refractivity contribution is 0.466. The van der Waals surface area contributed by atoms with Crippen LogP contribution in [0.1, 0.15) is 11.1 Å². The van der Waals surface area contributed by atoms with Crippen molar-refractivity contribution in [2.75, 3.05) is 7.05 Å². The van der Waals surface area contributed by atoms with E-state index in [1.807, 2.05) is 6.07 Å². The van der Waals surface area contributed by atoms with Crippen molar-refractivity contribution < 1.29 is 12.8 Å². The fourth-order valence-corrected chi connectivity index (χ4v) is 3.03. The van der Waals surface area contributed by atoms with Gasteiger partial charge in [0.25, 0.3) is 0 Å². The van der Waals surface area contributed by atoms with E-state index in [0.29, 0.717) is 11.1 Å². The van der Waals surface area contributed by atoms with Crippen molar-refractivity contribution in [1.82, 2.24) is 4.31 Å². The van der Waals surface area contributed by atoms with Crippen LogP contribution < -0.4 is 0 Å². The third-order valence-corrected chi connectivity index (χ3v) is 4.80. The van der Waals surface area contributed by atoms with Gasteiger partial charge in [0.05, 0.1) is 16.5 Å². The molecule has 2 aromatic rings. The summed E-state index contributed by atoms with van der Waals surface area (Å²) in [5, 5.41) is 8.84. The molecule has 6 heteroatoms. The maximum atomic E-state index is 12.9. The van der Waals surface area contributed by atoms with Crippen LogP contribution in [0.3, 0.4) is 0 Å².